The Morgan fingerprint density at radius 3 is 2.59 bits per heavy atom. The van der Waals surface area contributed by atoms with Gasteiger partial charge in [0.15, 0.2) is 0 Å². The zero-order valence-electron chi connectivity index (χ0n) is 13.6. The number of amides is 1. The lowest BCUT2D eigenvalue weighted by Crippen LogP contribution is -2.36. The molecule has 0 fully saturated rings. The number of benzene rings is 1. The van der Waals surface area contributed by atoms with E-state index in [1.54, 1.807) is 18.3 Å². The molecule has 0 saturated carbocycles. The van der Waals surface area contributed by atoms with Crippen molar-refractivity contribution in [1.29, 1.82) is 0 Å². The highest BCUT2D eigenvalue weighted by molar-refractivity contribution is 6.04. The van der Waals surface area contributed by atoms with Crippen LogP contribution in [0.3, 0.4) is 0 Å². The standard InChI is InChI=1S/C19H22N2O/c1-14(2)21(18-13-15(3)8-9-16(18)4)19(22)11-10-17-7-5-6-12-20-17/h5-14H,1-4H3/b11-10+. The number of nitrogens with zero attached hydrogens (tertiary/aromatic N) is 2. The van der Waals surface area contributed by atoms with Crippen molar-refractivity contribution in [1.82, 2.24) is 4.98 Å². The molecular formula is C19H22N2O. The maximum absolute atomic E-state index is 12.6. The second kappa shape index (κ2) is 7.03. The summed E-state index contributed by atoms with van der Waals surface area (Å²) in [6, 6.07) is 11.9. The number of carbonyl (C=O) groups excluding carboxylic acids is 1. The highest BCUT2D eigenvalue weighted by atomic mass is 16.2. The van der Waals surface area contributed by atoms with Gasteiger partial charge < -0.3 is 4.90 Å². The summed E-state index contributed by atoms with van der Waals surface area (Å²) < 4.78 is 0. The van der Waals surface area contributed by atoms with E-state index in [-0.39, 0.29) is 11.9 Å². The Bertz CT molecular complexity index is 675. The summed E-state index contributed by atoms with van der Waals surface area (Å²) in [5, 5.41) is 0. The van der Waals surface area contributed by atoms with E-state index >= 15 is 0 Å². The Kier molecular flexibility index (Phi) is 5.10. The lowest BCUT2D eigenvalue weighted by Gasteiger charge is -2.27. The number of aryl methyl sites for hydroxylation is 2. The van der Waals surface area contributed by atoms with Crippen LogP contribution in [0.4, 0.5) is 5.69 Å². The molecule has 22 heavy (non-hydrogen) atoms. The second-order valence-corrected chi connectivity index (χ2v) is 5.68. The summed E-state index contributed by atoms with van der Waals surface area (Å²) in [5.74, 6) is -0.0330. The molecule has 2 aromatic rings. The molecule has 0 atom stereocenters. The summed E-state index contributed by atoms with van der Waals surface area (Å²) in [6.07, 6.45) is 5.06. The summed E-state index contributed by atoms with van der Waals surface area (Å²) in [4.78, 5) is 18.7. The molecule has 0 radical (unpaired) electrons. The van der Waals surface area contributed by atoms with E-state index in [1.165, 1.54) is 0 Å². The highest BCUT2D eigenvalue weighted by Crippen LogP contribution is 2.24. The number of hydrogen-bond donors (Lipinski definition) is 0. The van der Waals surface area contributed by atoms with E-state index in [1.807, 2.05) is 50.8 Å². The number of pyridine rings is 1. The molecule has 1 aromatic carbocycles. The highest BCUT2D eigenvalue weighted by Gasteiger charge is 2.18. The molecule has 0 aliphatic heterocycles. The van der Waals surface area contributed by atoms with Crippen LogP contribution >= 0.6 is 0 Å². The summed E-state index contributed by atoms with van der Waals surface area (Å²) in [7, 11) is 0. The summed E-state index contributed by atoms with van der Waals surface area (Å²) in [5.41, 5.74) is 3.98. The number of rotatable bonds is 4. The Hall–Kier alpha value is -2.42. The van der Waals surface area contributed by atoms with Crippen molar-refractivity contribution in [3.63, 3.8) is 0 Å². The molecule has 0 bridgehead atoms. The molecule has 0 unspecified atom stereocenters. The van der Waals surface area contributed by atoms with Gasteiger partial charge in [-0.05, 0) is 63.1 Å². The van der Waals surface area contributed by atoms with E-state index in [4.69, 9.17) is 0 Å². The van der Waals surface area contributed by atoms with Crippen LogP contribution in [-0.4, -0.2) is 16.9 Å². The van der Waals surface area contributed by atoms with Crippen LogP contribution in [0.25, 0.3) is 6.08 Å². The maximum Gasteiger partial charge on any atom is 0.251 e. The molecule has 3 nitrogen and oxygen atoms in total. The molecule has 0 spiro atoms. The first-order chi connectivity index (χ1) is 10.5. The van der Waals surface area contributed by atoms with E-state index in [2.05, 4.69) is 23.2 Å². The topological polar surface area (TPSA) is 33.2 Å². The monoisotopic (exact) mass is 294 g/mol. The van der Waals surface area contributed by atoms with Crippen LogP contribution < -0.4 is 4.90 Å². The Morgan fingerprint density at radius 2 is 1.95 bits per heavy atom. The van der Waals surface area contributed by atoms with E-state index in [9.17, 15) is 4.79 Å². The first-order valence-corrected chi connectivity index (χ1v) is 7.48. The lowest BCUT2D eigenvalue weighted by atomic mass is 10.1. The molecule has 3 heteroatoms. The fraction of sp³-hybridized carbons (Fsp3) is 0.263. The molecule has 1 amide bonds. The van der Waals surface area contributed by atoms with Crippen molar-refractivity contribution in [2.45, 2.75) is 33.7 Å². The van der Waals surface area contributed by atoms with Gasteiger partial charge in [0.1, 0.15) is 0 Å². The number of anilines is 1. The Balaban J connectivity index is 2.30. The number of hydrogen-bond acceptors (Lipinski definition) is 2. The Morgan fingerprint density at radius 1 is 1.18 bits per heavy atom. The van der Waals surface area contributed by atoms with Gasteiger partial charge >= 0.3 is 0 Å². The van der Waals surface area contributed by atoms with Crippen molar-refractivity contribution in [2.75, 3.05) is 4.90 Å². The third kappa shape index (κ3) is 3.82. The first kappa shape index (κ1) is 16.0. The summed E-state index contributed by atoms with van der Waals surface area (Å²) >= 11 is 0. The molecule has 0 aliphatic carbocycles. The van der Waals surface area contributed by atoms with Gasteiger partial charge in [0.25, 0.3) is 5.91 Å². The van der Waals surface area contributed by atoms with Crippen molar-refractivity contribution >= 4 is 17.7 Å². The normalized spacial score (nSPS) is 11.1. The first-order valence-electron chi connectivity index (χ1n) is 7.48. The Labute approximate surface area is 132 Å². The molecular weight excluding hydrogens is 272 g/mol. The maximum atomic E-state index is 12.6. The summed E-state index contributed by atoms with van der Waals surface area (Å²) in [6.45, 7) is 8.11. The van der Waals surface area contributed by atoms with Gasteiger partial charge in [-0.2, -0.15) is 0 Å². The van der Waals surface area contributed by atoms with Crippen molar-refractivity contribution in [3.8, 4) is 0 Å². The largest absolute Gasteiger partial charge is 0.306 e. The minimum atomic E-state index is -0.0330. The van der Waals surface area contributed by atoms with Crippen LogP contribution in [0, 0.1) is 13.8 Å². The zero-order chi connectivity index (χ0) is 16.1. The fourth-order valence-electron chi connectivity index (χ4n) is 2.34. The number of aromatic nitrogens is 1. The van der Waals surface area contributed by atoms with E-state index in [0.29, 0.717) is 0 Å². The lowest BCUT2D eigenvalue weighted by molar-refractivity contribution is -0.114. The minimum absolute atomic E-state index is 0.0330. The van der Waals surface area contributed by atoms with Crippen LogP contribution in [0.2, 0.25) is 0 Å². The number of carbonyl (C=O) groups is 1. The van der Waals surface area contributed by atoms with Crippen molar-refractivity contribution < 1.29 is 4.79 Å². The fourth-order valence-corrected chi connectivity index (χ4v) is 2.34. The van der Waals surface area contributed by atoms with Crippen LogP contribution in [-0.2, 0) is 4.79 Å². The molecule has 0 N–H and O–H groups in total. The predicted octanol–water partition coefficient (Wildman–Crippen LogP) is 4.15. The van der Waals surface area contributed by atoms with E-state index in [0.717, 1.165) is 22.5 Å². The molecule has 0 aliphatic rings. The van der Waals surface area contributed by atoms with Gasteiger partial charge in [-0.15, -0.1) is 0 Å². The molecule has 1 heterocycles. The second-order valence-electron chi connectivity index (χ2n) is 5.68. The quantitative estimate of drug-likeness (QED) is 0.794. The van der Waals surface area contributed by atoms with Crippen molar-refractivity contribution in [2.24, 2.45) is 0 Å². The van der Waals surface area contributed by atoms with Gasteiger partial charge in [0.2, 0.25) is 0 Å². The SMILES string of the molecule is Cc1ccc(C)c(N(C(=O)/C=C/c2ccccn2)C(C)C)c1. The van der Waals surface area contributed by atoms with E-state index < -0.39 is 0 Å². The van der Waals surface area contributed by atoms with Crippen molar-refractivity contribution in [3.05, 3.63) is 65.5 Å². The van der Waals surface area contributed by atoms with Crippen LogP contribution in [0.15, 0.2) is 48.7 Å². The average Bonchev–Trinajstić information content (AvgIpc) is 2.49. The molecule has 2 rings (SSSR count). The smallest absolute Gasteiger partial charge is 0.251 e. The molecule has 114 valence electrons. The van der Waals surface area contributed by atoms with Gasteiger partial charge in [0.05, 0.1) is 5.69 Å². The molecule has 0 saturated heterocycles. The predicted molar refractivity (Wildman–Crippen MR) is 91.8 cm³/mol. The van der Waals surface area contributed by atoms with Gasteiger partial charge in [0, 0.05) is 24.0 Å². The minimum Gasteiger partial charge on any atom is -0.306 e. The molecule has 1 aromatic heterocycles. The third-order valence-electron chi connectivity index (χ3n) is 3.46. The zero-order valence-corrected chi connectivity index (χ0v) is 13.6. The van der Waals surface area contributed by atoms with Gasteiger partial charge in [-0.1, -0.05) is 18.2 Å². The van der Waals surface area contributed by atoms with Crippen LogP contribution in [0.1, 0.15) is 30.7 Å². The van der Waals surface area contributed by atoms with Crippen LogP contribution in [0.5, 0.6) is 0 Å². The van der Waals surface area contributed by atoms with Gasteiger partial charge in [-0.25, -0.2) is 0 Å². The third-order valence-corrected chi connectivity index (χ3v) is 3.46. The van der Waals surface area contributed by atoms with Gasteiger partial charge in [-0.3, -0.25) is 9.78 Å². The average molecular weight is 294 g/mol.